The van der Waals surface area contributed by atoms with E-state index in [0.29, 0.717) is 13.1 Å². The van der Waals surface area contributed by atoms with E-state index >= 15 is 0 Å². The molecule has 118 valence electrons. The highest BCUT2D eigenvalue weighted by atomic mass is 32.2. The predicted octanol–water partition coefficient (Wildman–Crippen LogP) is 0.133. The first kappa shape index (κ1) is 15.9. The number of likely N-dealkylation sites (tertiary alicyclic amines) is 1. The van der Waals surface area contributed by atoms with Crippen LogP contribution in [0.1, 0.15) is 29.0 Å². The van der Waals surface area contributed by atoms with Gasteiger partial charge in [-0.3, -0.25) is 5.10 Å². The van der Waals surface area contributed by atoms with Gasteiger partial charge in [0.1, 0.15) is 4.90 Å². The molecule has 2 N–H and O–H groups in total. The summed E-state index contributed by atoms with van der Waals surface area (Å²) in [6, 6.07) is 0. The van der Waals surface area contributed by atoms with Crippen LogP contribution in [0.2, 0.25) is 0 Å². The number of H-pyrrole nitrogens is 1. The first-order chi connectivity index (χ1) is 9.84. The Bertz CT molecular complexity index is 619. The highest BCUT2D eigenvalue weighted by molar-refractivity contribution is 7.89. The molecule has 0 amide bonds. The molecule has 8 nitrogen and oxygen atoms in total. The second-order valence-electron chi connectivity index (χ2n) is 5.21. The summed E-state index contributed by atoms with van der Waals surface area (Å²) in [6.07, 6.45) is 2.28. The van der Waals surface area contributed by atoms with Gasteiger partial charge in [0.15, 0.2) is 5.69 Å². The summed E-state index contributed by atoms with van der Waals surface area (Å²) in [5.74, 6) is -1.36. The zero-order valence-electron chi connectivity index (χ0n) is 12.2. The van der Waals surface area contributed by atoms with E-state index in [0.717, 1.165) is 25.9 Å². The third kappa shape index (κ3) is 3.25. The second-order valence-corrected chi connectivity index (χ2v) is 7.19. The summed E-state index contributed by atoms with van der Waals surface area (Å²) in [5.41, 5.74) is -0.221. The molecule has 9 heteroatoms. The summed E-state index contributed by atoms with van der Waals surface area (Å²) >= 11 is 0. The van der Waals surface area contributed by atoms with Crippen molar-refractivity contribution in [2.45, 2.75) is 24.7 Å². The van der Waals surface area contributed by atoms with Crippen molar-refractivity contribution in [3.8, 4) is 0 Å². The Labute approximate surface area is 123 Å². The zero-order chi connectivity index (χ0) is 15.6. The third-order valence-corrected chi connectivity index (χ3v) is 5.71. The maximum atomic E-state index is 12.5. The molecular formula is C12H20N4O4S. The van der Waals surface area contributed by atoms with Gasteiger partial charge < -0.3 is 10.0 Å². The van der Waals surface area contributed by atoms with Crippen molar-refractivity contribution in [1.29, 1.82) is 0 Å². The van der Waals surface area contributed by atoms with Gasteiger partial charge in [-0.25, -0.2) is 13.2 Å². The van der Waals surface area contributed by atoms with Crippen molar-refractivity contribution in [2.24, 2.45) is 0 Å². The normalized spacial score (nSPS) is 16.7. The monoisotopic (exact) mass is 316 g/mol. The van der Waals surface area contributed by atoms with E-state index in [1.165, 1.54) is 18.3 Å². The Hall–Kier alpha value is -1.45. The number of aryl methyl sites for hydroxylation is 1. The first-order valence-corrected chi connectivity index (χ1v) is 8.25. The number of aromatic carboxylic acids is 1. The number of nitrogens with one attached hydrogen (secondary N) is 1. The Balaban J connectivity index is 2.16. The predicted molar refractivity (Wildman–Crippen MR) is 75.8 cm³/mol. The lowest BCUT2D eigenvalue weighted by molar-refractivity contribution is 0.0686. The number of hydrogen-bond acceptors (Lipinski definition) is 5. The maximum Gasteiger partial charge on any atom is 0.357 e. The molecule has 1 aliphatic heterocycles. The second kappa shape index (κ2) is 6.12. The smallest absolute Gasteiger partial charge is 0.357 e. The van der Waals surface area contributed by atoms with Crippen molar-refractivity contribution < 1.29 is 18.3 Å². The Morgan fingerprint density at radius 1 is 1.43 bits per heavy atom. The molecule has 0 unspecified atom stereocenters. The maximum absolute atomic E-state index is 12.5. The number of aromatic nitrogens is 2. The molecule has 0 saturated carbocycles. The molecule has 0 aliphatic carbocycles. The van der Waals surface area contributed by atoms with Crippen LogP contribution in [0.4, 0.5) is 0 Å². The minimum Gasteiger partial charge on any atom is -0.476 e. The van der Waals surface area contributed by atoms with E-state index in [-0.39, 0.29) is 10.6 Å². The lowest BCUT2D eigenvalue weighted by Gasteiger charge is -2.21. The van der Waals surface area contributed by atoms with Gasteiger partial charge in [0.05, 0.1) is 5.69 Å². The van der Waals surface area contributed by atoms with Crippen LogP contribution in [0.3, 0.4) is 0 Å². The number of carboxylic acid groups (broad SMARTS) is 1. The summed E-state index contributed by atoms with van der Waals surface area (Å²) in [7, 11) is -2.40. The molecular weight excluding hydrogens is 296 g/mol. The van der Waals surface area contributed by atoms with E-state index in [4.69, 9.17) is 5.11 Å². The number of carboxylic acids is 1. The summed E-state index contributed by atoms with van der Waals surface area (Å²) in [5, 5.41) is 15.0. The number of hydrogen-bond donors (Lipinski definition) is 2. The van der Waals surface area contributed by atoms with E-state index in [9.17, 15) is 13.2 Å². The molecule has 0 atom stereocenters. The average Bonchev–Trinajstić information content (AvgIpc) is 3.04. The molecule has 1 aromatic heterocycles. The Morgan fingerprint density at radius 3 is 2.62 bits per heavy atom. The fraction of sp³-hybridized carbons (Fsp3) is 0.667. The minimum atomic E-state index is -3.86. The van der Waals surface area contributed by atoms with Gasteiger partial charge in [-0.2, -0.15) is 9.40 Å². The molecule has 1 fully saturated rings. The van der Waals surface area contributed by atoms with E-state index in [2.05, 4.69) is 15.1 Å². The quantitative estimate of drug-likeness (QED) is 0.773. The molecule has 0 radical (unpaired) electrons. The molecule has 0 spiro atoms. The number of sulfonamides is 1. The van der Waals surface area contributed by atoms with Gasteiger partial charge in [-0.05, 0) is 32.9 Å². The lowest BCUT2D eigenvalue weighted by atomic mass is 10.4. The van der Waals surface area contributed by atoms with E-state index in [1.54, 1.807) is 0 Å². The van der Waals surface area contributed by atoms with Crippen LogP contribution < -0.4 is 0 Å². The summed E-state index contributed by atoms with van der Waals surface area (Å²) in [6.45, 7) is 4.44. The van der Waals surface area contributed by atoms with Gasteiger partial charge in [0.2, 0.25) is 10.0 Å². The molecule has 21 heavy (non-hydrogen) atoms. The van der Waals surface area contributed by atoms with Crippen LogP contribution in [-0.4, -0.2) is 72.1 Å². The Kier molecular flexibility index (Phi) is 4.64. The number of rotatable bonds is 6. The highest BCUT2D eigenvalue weighted by Gasteiger charge is 2.31. The van der Waals surface area contributed by atoms with Gasteiger partial charge in [-0.15, -0.1) is 0 Å². The van der Waals surface area contributed by atoms with Crippen molar-refractivity contribution in [3.05, 3.63) is 11.4 Å². The average molecular weight is 316 g/mol. The molecule has 0 aromatic carbocycles. The molecule has 1 aliphatic rings. The summed E-state index contributed by atoms with van der Waals surface area (Å²) in [4.78, 5) is 13.0. The van der Waals surface area contributed by atoms with Gasteiger partial charge >= 0.3 is 5.97 Å². The van der Waals surface area contributed by atoms with Crippen LogP contribution in [0.15, 0.2) is 4.90 Å². The molecule has 2 rings (SSSR count). The highest BCUT2D eigenvalue weighted by Crippen LogP contribution is 2.21. The lowest BCUT2D eigenvalue weighted by Crippen LogP contribution is -2.35. The first-order valence-electron chi connectivity index (χ1n) is 6.81. The number of carbonyl (C=O) groups is 1. The zero-order valence-corrected chi connectivity index (χ0v) is 13.0. The van der Waals surface area contributed by atoms with E-state index in [1.807, 2.05) is 0 Å². The SMILES string of the molecule is Cc1[nH]nc(C(=O)O)c1S(=O)(=O)N(C)CCN1CCCC1. The van der Waals surface area contributed by atoms with Crippen LogP contribution >= 0.6 is 0 Å². The van der Waals surface area contributed by atoms with Crippen LogP contribution in [0.25, 0.3) is 0 Å². The molecule has 1 saturated heterocycles. The van der Waals surface area contributed by atoms with Crippen molar-refractivity contribution >= 4 is 16.0 Å². The number of aromatic amines is 1. The number of likely N-dealkylation sites (N-methyl/N-ethyl adjacent to an activating group) is 1. The van der Waals surface area contributed by atoms with Gasteiger partial charge in [0, 0.05) is 20.1 Å². The fourth-order valence-corrected chi connectivity index (χ4v) is 3.89. The van der Waals surface area contributed by atoms with Crippen LogP contribution in [-0.2, 0) is 10.0 Å². The Morgan fingerprint density at radius 2 is 2.05 bits per heavy atom. The van der Waals surface area contributed by atoms with Gasteiger partial charge in [0.25, 0.3) is 0 Å². The van der Waals surface area contributed by atoms with Crippen molar-refractivity contribution in [2.75, 3.05) is 33.2 Å². The number of nitrogens with zero attached hydrogens (tertiary/aromatic N) is 3. The van der Waals surface area contributed by atoms with E-state index < -0.39 is 21.7 Å². The molecule has 0 bridgehead atoms. The molecule has 1 aromatic rings. The van der Waals surface area contributed by atoms with Gasteiger partial charge in [-0.1, -0.05) is 0 Å². The summed E-state index contributed by atoms with van der Waals surface area (Å²) < 4.78 is 26.2. The standard InChI is InChI=1S/C12H20N4O4S/c1-9-11(10(12(17)18)14-13-9)21(19,20)15(2)7-8-16-5-3-4-6-16/h3-8H2,1-2H3,(H,13,14)(H,17,18). The van der Waals surface area contributed by atoms with Crippen molar-refractivity contribution in [3.63, 3.8) is 0 Å². The topological polar surface area (TPSA) is 107 Å². The van der Waals surface area contributed by atoms with Crippen molar-refractivity contribution in [1.82, 2.24) is 19.4 Å². The van der Waals surface area contributed by atoms with Crippen LogP contribution in [0.5, 0.6) is 0 Å². The fourth-order valence-electron chi connectivity index (χ4n) is 2.44. The minimum absolute atomic E-state index is 0.237. The van der Waals surface area contributed by atoms with Crippen LogP contribution in [0, 0.1) is 6.92 Å². The third-order valence-electron chi connectivity index (χ3n) is 3.69. The molecule has 2 heterocycles. The largest absolute Gasteiger partial charge is 0.476 e.